The Balaban J connectivity index is 1.14. The van der Waals surface area contributed by atoms with Crippen molar-refractivity contribution in [2.45, 2.75) is 0 Å². The lowest BCUT2D eigenvalue weighted by Gasteiger charge is -2.49. The summed E-state index contributed by atoms with van der Waals surface area (Å²) in [5.41, 5.74) is 20.9. The van der Waals surface area contributed by atoms with Crippen LogP contribution in [0.3, 0.4) is 0 Å². The van der Waals surface area contributed by atoms with Crippen molar-refractivity contribution in [2.75, 3.05) is 19.6 Å². The van der Waals surface area contributed by atoms with Gasteiger partial charge in [-0.1, -0.05) is 97.1 Å². The fourth-order valence-electron chi connectivity index (χ4n) is 12.4. The smallest absolute Gasteiger partial charge is 0.261 e. The zero-order valence-corrected chi connectivity index (χ0v) is 35.4. The van der Waals surface area contributed by atoms with Gasteiger partial charge in [-0.25, -0.2) is 0 Å². The fraction of sp³-hybridized carbons (Fsp3) is 0. The zero-order valence-electron chi connectivity index (χ0n) is 35.4. The summed E-state index contributed by atoms with van der Waals surface area (Å²) < 4.78 is 13.9. The molecule has 10 aromatic carbocycles. The average molecular weight is 841 g/mol. The largest absolute Gasteiger partial charge is 0.458 e. The third kappa shape index (κ3) is 4.29. The van der Waals surface area contributed by atoms with Crippen molar-refractivity contribution in [3.8, 4) is 23.0 Å². The minimum Gasteiger partial charge on any atom is -0.458 e. The van der Waals surface area contributed by atoms with Gasteiger partial charge in [0.15, 0.2) is 0 Å². The number of anilines is 12. The van der Waals surface area contributed by atoms with E-state index in [0.717, 1.165) is 79.9 Å². The summed E-state index contributed by atoms with van der Waals surface area (Å²) >= 11 is 0. The monoisotopic (exact) mass is 840 g/mol. The van der Waals surface area contributed by atoms with Crippen LogP contribution in [0.1, 0.15) is 0 Å². The first-order valence-corrected chi connectivity index (χ1v) is 22.8. The molecule has 0 radical (unpaired) electrons. The molecule has 0 spiro atoms. The number of fused-ring (bicyclic) bond motifs is 3. The molecule has 0 amide bonds. The Kier molecular flexibility index (Phi) is 6.62. The summed E-state index contributed by atoms with van der Waals surface area (Å²) in [6, 6.07) is 75.0. The Bertz CT molecular complexity index is 3480. The van der Waals surface area contributed by atoms with Crippen molar-refractivity contribution in [1.82, 2.24) is 0 Å². The van der Waals surface area contributed by atoms with E-state index in [1.54, 1.807) is 0 Å². The van der Waals surface area contributed by atoms with Gasteiger partial charge in [0, 0.05) is 67.6 Å². The van der Waals surface area contributed by atoms with Crippen molar-refractivity contribution in [3.05, 3.63) is 206 Å². The quantitative estimate of drug-likeness (QED) is 0.164. The van der Waals surface area contributed by atoms with Crippen LogP contribution < -0.4 is 61.9 Å². The third-order valence-corrected chi connectivity index (χ3v) is 14.7. The second kappa shape index (κ2) is 12.6. The van der Waals surface area contributed by atoms with E-state index in [1.807, 2.05) is 0 Å². The van der Waals surface area contributed by atoms with Crippen molar-refractivity contribution < 1.29 is 9.47 Å². The Morgan fingerprint density at radius 3 is 0.864 bits per heavy atom. The molecule has 0 N–H and O–H groups in total. The van der Waals surface area contributed by atoms with Crippen molar-refractivity contribution in [2.24, 2.45) is 0 Å². The van der Waals surface area contributed by atoms with Crippen LogP contribution in [0.25, 0.3) is 10.8 Å². The van der Waals surface area contributed by atoms with Gasteiger partial charge in [-0.05, 0) is 142 Å². The van der Waals surface area contributed by atoms with Gasteiger partial charge in [-0.2, -0.15) is 0 Å². The molecule has 0 saturated heterocycles. The summed E-state index contributed by atoms with van der Waals surface area (Å²) in [4.78, 5) is 10.0. The summed E-state index contributed by atoms with van der Waals surface area (Å²) in [5.74, 6) is 3.60. The highest BCUT2D eigenvalue weighted by Gasteiger charge is 2.52. The standard InChI is InChI=1S/C58H34B2N4O2/c1-5-17-35(18-6-1)61-41-25-13-29-47-51(41)59-53-43(27-15-31-49(53)65-47)63(37-21-9-3-10-22-37)57-40-34-46-56-58(39(40)33-45(61)55(57)59)64(38-23-11-4-12-24-38)44-28-16-32-50-54(44)60(56)52-42(26-14-30-48(52)66-50)62(46)36-19-7-2-8-20-36/h1-34H. The van der Waals surface area contributed by atoms with Gasteiger partial charge in [-0.15, -0.1) is 0 Å². The van der Waals surface area contributed by atoms with Gasteiger partial charge in [-0.3, -0.25) is 0 Å². The van der Waals surface area contributed by atoms with Crippen LogP contribution in [0.5, 0.6) is 23.0 Å². The van der Waals surface area contributed by atoms with E-state index in [-0.39, 0.29) is 13.4 Å². The first kappa shape index (κ1) is 34.8. The summed E-state index contributed by atoms with van der Waals surface area (Å²) in [5, 5.41) is 2.35. The zero-order chi connectivity index (χ0) is 42.8. The lowest BCUT2D eigenvalue weighted by molar-refractivity contribution is 0.487. The second-order valence-electron chi connectivity index (χ2n) is 17.9. The van der Waals surface area contributed by atoms with Crippen LogP contribution in [0.15, 0.2) is 206 Å². The average Bonchev–Trinajstić information content (AvgIpc) is 3.37. The highest BCUT2D eigenvalue weighted by atomic mass is 16.5. The molecule has 66 heavy (non-hydrogen) atoms. The molecule has 6 aliphatic rings. The normalized spacial score (nSPS) is 14.4. The number of hydrogen-bond donors (Lipinski definition) is 0. The molecule has 6 aliphatic heterocycles. The Hall–Kier alpha value is -8.61. The van der Waals surface area contributed by atoms with Crippen molar-refractivity contribution in [3.63, 3.8) is 0 Å². The molecule has 0 fully saturated rings. The van der Waals surface area contributed by atoms with Crippen LogP contribution in [0.4, 0.5) is 68.2 Å². The summed E-state index contributed by atoms with van der Waals surface area (Å²) in [6.45, 7) is -0.147. The summed E-state index contributed by atoms with van der Waals surface area (Å²) in [7, 11) is 0. The van der Waals surface area contributed by atoms with Crippen LogP contribution in [-0.4, -0.2) is 13.4 Å². The maximum atomic E-state index is 6.97. The maximum absolute atomic E-state index is 6.97. The van der Waals surface area contributed by atoms with Gasteiger partial charge in [0.1, 0.15) is 23.0 Å². The number of hydrogen-bond acceptors (Lipinski definition) is 6. The first-order chi connectivity index (χ1) is 32.8. The van der Waals surface area contributed by atoms with Gasteiger partial charge in [0.2, 0.25) is 0 Å². The molecule has 6 nitrogen and oxygen atoms in total. The van der Waals surface area contributed by atoms with E-state index in [0.29, 0.717) is 0 Å². The molecule has 0 unspecified atom stereocenters. The lowest BCUT2D eigenvalue weighted by Crippen LogP contribution is -2.64. The van der Waals surface area contributed by atoms with E-state index in [9.17, 15) is 0 Å². The van der Waals surface area contributed by atoms with E-state index < -0.39 is 0 Å². The van der Waals surface area contributed by atoms with Gasteiger partial charge in [0.05, 0.1) is 11.4 Å². The van der Waals surface area contributed by atoms with E-state index >= 15 is 0 Å². The minimum absolute atomic E-state index is 0.0737. The number of rotatable bonds is 4. The van der Waals surface area contributed by atoms with E-state index in [4.69, 9.17) is 9.47 Å². The lowest BCUT2D eigenvalue weighted by atomic mass is 9.31. The minimum atomic E-state index is -0.0737. The SMILES string of the molecule is c1ccc(N2c3cccc4c3B3c5c(cccc5N(c5ccccc5)c5c3c2cc2c3c6c(cc52)N(c2ccccc2)c2cccc5c2B6c2c(cccc2N3c2ccccc2)O5)O4)cc1. The second-order valence-corrected chi connectivity index (χ2v) is 17.9. The van der Waals surface area contributed by atoms with Crippen LogP contribution in [0.2, 0.25) is 0 Å². The third-order valence-electron chi connectivity index (χ3n) is 14.7. The molecule has 0 aromatic heterocycles. The number of nitrogens with zero attached hydrogens (tertiary/aromatic N) is 4. The highest BCUT2D eigenvalue weighted by Crippen LogP contribution is 2.56. The van der Waals surface area contributed by atoms with Crippen LogP contribution in [0, 0.1) is 0 Å². The molecular weight excluding hydrogens is 806 g/mol. The molecule has 0 aliphatic carbocycles. The molecule has 6 heterocycles. The predicted molar refractivity (Wildman–Crippen MR) is 272 cm³/mol. The molecule has 0 bridgehead atoms. The highest BCUT2D eigenvalue weighted by molar-refractivity contribution is 7.03. The molecule has 0 saturated carbocycles. The van der Waals surface area contributed by atoms with Gasteiger partial charge >= 0.3 is 0 Å². The molecule has 8 heteroatoms. The van der Waals surface area contributed by atoms with Crippen LogP contribution >= 0.6 is 0 Å². The maximum Gasteiger partial charge on any atom is 0.261 e. The topological polar surface area (TPSA) is 31.4 Å². The van der Waals surface area contributed by atoms with E-state index in [1.165, 1.54) is 54.9 Å². The van der Waals surface area contributed by atoms with E-state index in [2.05, 4.69) is 226 Å². The Morgan fingerprint density at radius 1 is 0.258 bits per heavy atom. The molecule has 0 atom stereocenters. The summed E-state index contributed by atoms with van der Waals surface area (Å²) in [6.07, 6.45) is 0. The fourth-order valence-corrected chi connectivity index (χ4v) is 12.4. The van der Waals surface area contributed by atoms with Crippen molar-refractivity contribution >= 4 is 125 Å². The molecule has 16 rings (SSSR count). The Morgan fingerprint density at radius 2 is 0.545 bits per heavy atom. The van der Waals surface area contributed by atoms with Crippen molar-refractivity contribution in [1.29, 1.82) is 0 Å². The Labute approximate surface area is 381 Å². The van der Waals surface area contributed by atoms with Crippen LogP contribution in [-0.2, 0) is 0 Å². The molecule has 304 valence electrons. The number of benzene rings is 10. The number of para-hydroxylation sites is 4. The predicted octanol–water partition coefficient (Wildman–Crippen LogP) is 11.2. The molecule has 10 aromatic rings. The number of ether oxygens (including phenoxy) is 2. The van der Waals surface area contributed by atoms with Gasteiger partial charge in [0.25, 0.3) is 13.4 Å². The molecular formula is C58H34B2N4O2. The first-order valence-electron chi connectivity index (χ1n) is 22.8. The van der Waals surface area contributed by atoms with Gasteiger partial charge < -0.3 is 29.1 Å².